The molecule has 1 saturated heterocycles. The van der Waals surface area contributed by atoms with Crippen LogP contribution in [0.1, 0.15) is 30.1 Å². The summed E-state index contributed by atoms with van der Waals surface area (Å²) in [5.41, 5.74) is 2.04. The van der Waals surface area contributed by atoms with Crippen molar-refractivity contribution in [3.63, 3.8) is 0 Å². The summed E-state index contributed by atoms with van der Waals surface area (Å²) in [6.07, 6.45) is 4.16. The molecule has 2 aromatic heterocycles. The summed E-state index contributed by atoms with van der Waals surface area (Å²) in [4.78, 5) is 12.5. The van der Waals surface area contributed by atoms with E-state index in [0.717, 1.165) is 41.9 Å². The van der Waals surface area contributed by atoms with Gasteiger partial charge in [-0.2, -0.15) is 0 Å². The number of aromatic nitrogens is 1. The van der Waals surface area contributed by atoms with Crippen molar-refractivity contribution in [1.82, 2.24) is 20.5 Å². The van der Waals surface area contributed by atoms with Crippen LogP contribution in [0.5, 0.6) is 5.75 Å². The smallest absolute Gasteiger partial charge is 0.236 e. The molecule has 3 aromatic rings. The number of methoxy groups -OCH3 is 1. The van der Waals surface area contributed by atoms with E-state index in [9.17, 15) is 0 Å². The Bertz CT molecular complexity index is 980. The Morgan fingerprint density at radius 2 is 2.06 bits per heavy atom. The topological polar surface area (TPSA) is 74.9 Å². The Morgan fingerprint density at radius 3 is 2.81 bits per heavy atom. The Balaban J connectivity index is 1.39. The fourth-order valence-corrected chi connectivity index (χ4v) is 4.58. The molecule has 0 amide bonds. The number of thiophene rings is 1. The lowest BCUT2D eigenvalue weighted by molar-refractivity contribution is 0.239. The molecule has 1 aliphatic heterocycles. The van der Waals surface area contributed by atoms with Crippen LogP contribution in [-0.2, 0) is 6.54 Å². The number of para-hydroxylation sites is 1. The Labute approximate surface area is 187 Å². The zero-order valence-corrected chi connectivity index (χ0v) is 18.8. The summed E-state index contributed by atoms with van der Waals surface area (Å²) >= 11 is 1.61. The van der Waals surface area contributed by atoms with E-state index in [0.29, 0.717) is 12.4 Å². The summed E-state index contributed by atoms with van der Waals surface area (Å²) in [6.45, 7) is 3.47. The van der Waals surface area contributed by atoms with E-state index in [1.165, 1.54) is 18.4 Å². The van der Waals surface area contributed by atoms with Crippen molar-refractivity contribution in [1.29, 1.82) is 0 Å². The van der Waals surface area contributed by atoms with E-state index < -0.39 is 0 Å². The third-order valence-electron chi connectivity index (χ3n) is 5.49. The van der Waals surface area contributed by atoms with Gasteiger partial charge in [-0.25, -0.2) is 4.98 Å². The van der Waals surface area contributed by atoms with E-state index in [1.54, 1.807) is 31.8 Å². The molecule has 164 valence electrons. The summed E-state index contributed by atoms with van der Waals surface area (Å²) in [7, 11) is 3.51. The zero-order valence-electron chi connectivity index (χ0n) is 18.0. The quantitative estimate of drug-likeness (QED) is 0.409. The predicted molar refractivity (Wildman–Crippen MR) is 125 cm³/mol. The van der Waals surface area contributed by atoms with Gasteiger partial charge in [0.05, 0.1) is 30.3 Å². The predicted octanol–water partition coefficient (Wildman–Crippen LogP) is 3.91. The minimum Gasteiger partial charge on any atom is -0.496 e. The number of likely N-dealkylation sites (tertiary alicyclic amines) is 1. The number of nitrogens with one attached hydrogen (secondary N) is 2. The monoisotopic (exact) mass is 439 g/mol. The SMILES string of the molecule is CN=C(NCc1coc(-c2cccs2)n1)NCC(c1ccccc1OC)N1CCCC1. The summed E-state index contributed by atoms with van der Waals surface area (Å²) in [5, 5.41) is 8.84. The van der Waals surface area contributed by atoms with E-state index in [4.69, 9.17) is 9.15 Å². The number of oxazole rings is 1. The number of benzene rings is 1. The van der Waals surface area contributed by atoms with Gasteiger partial charge in [0.1, 0.15) is 12.0 Å². The number of hydrogen-bond acceptors (Lipinski definition) is 6. The van der Waals surface area contributed by atoms with Gasteiger partial charge in [0.15, 0.2) is 5.96 Å². The van der Waals surface area contributed by atoms with Crippen LogP contribution in [0.4, 0.5) is 0 Å². The Hall–Kier alpha value is -2.84. The molecule has 1 atom stereocenters. The lowest BCUT2D eigenvalue weighted by Crippen LogP contribution is -2.42. The van der Waals surface area contributed by atoms with Crippen molar-refractivity contribution < 1.29 is 9.15 Å². The number of rotatable bonds is 8. The first-order valence-corrected chi connectivity index (χ1v) is 11.5. The highest BCUT2D eigenvalue weighted by Gasteiger charge is 2.26. The minimum atomic E-state index is 0.217. The van der Waals surface area contributed by atoms with Crippen molar-refractivity contribution in [2.45, 2.75) is 25.4 Å². The molecule has 0 radical (unpaired) electrons. The van der Waals surface area contributed by atoms with Gasteiger partial charge < -0.3 is 19.8 Å². The first kappa shape index (κ1) is 21.4. The average Bonchev–Trinajstić information content (AvgIpc) is 3.58. The zero-order chi connectivity index (χ0) is 21.5. The molecule has 2 N–H and O–H groups in total. The Kier molecular flexibility index (Phi) is 7.22. The Morgan fingerprint density at radius 1 is 1.23 bits per heavy atom. The highest BCUT2D eigenvalue weighted by molar-refractivity contribution is 7.13. The molecule has 4 rings (SSSR count). The number of nitrogens with zero attached hydrogens (tertiary/aromatic N) is 3. The fourth-order valence-electron chi connectivity index (χ4n) is 3.92. The third-order valence-corrected chi connectivity index (χ3v) is 6.34. The molecule has 0 spiro atoms. The molecule has 1 unspecified atom stereocenters. The number of aliphatic imine (C=N–C) groups is 1. The van der Waals surface area contributed by atoms with Crippen LogP contribution in [0.25, 0.3) is 10.8 Å². The summed E-state index contributed by atoms with van der Waals surface area (Å²) in [6, 6.07) is 12.5. The third kappa shape index (κ3) is 5.26. The van der Waals surface area contributed by atoms with Gasteiger partial charge in [0, 0.05) is 19.2 Å². The molecule has 0 aliphatic carbocycles. The van der Waals surface area contributed by atoms with E-state index >= 15 is 0 Å². The minimum absolute atomic E-state index is 0.217. The first-order valence-electron chi connectivity index (χ1n) is 10.6. The maximum atomic E-state index is 5.64. The molecule has 0 saturated carbocycles. The van der Waals surface area contributed by atoms with Gasteiger partial charge in [0.25, 0.3) is 0 Å². The number of ether oxygens (including phenoxy) is 1. The second-order valence-electron chi connectivity index (χ2n) is 7.43. The van der Waals surface area contributed by atoms with Crippen molar-refractivity contribution >= 4 is 17.3 Å². The first-order chi connectivity index (χ1) is 15.3. The van der Waals surface area contributed by atoms with Crippen molar-refractivity contribution in [3.05, 3.63) is 59.3 Å². The molecule has 0 bridgehead atoms. The molecule has 1 fully saturated rings. The van der Waals surface area contributed by atoms with E-state index in [-0.39, 0.29) is 6.04 Å². The molecular formula is C23H29N5O2S. The second-order valence-corrected chi connectivity index (χ2v) is 8.38. The molecule has 8 heteroatoms. The number of guanidine groups is 1. The van der Waals surface area contributed by atoms with Crippen molar-refractivity contribution in [2.75, 3.05) is 33.8 Å². The standard InChI is InChI=1S/C23H29N5O2S/c1-24-23(25-14-17-16-30-22(27-17)21-10-7-13-31-21)26-15-19(28-11-5-6-12-28)18-8-3-4-9-20(18)29-2/h3-4,7-10,13,16,19H,5-6,11-12,14-15H2,1-2H3,(H2,24,25,26). The largest absolute Gasteiger partial charge is 0.496 e. The summed E-state index contributed by atoms with van der Waals surface area (Å²) in [5.74, 6) is 2.31. The van der Waals surface area contributed by atoms with Crippen LogP contribution < -0.4 is 15.4 Å². The fraction of sp³-hybridized carbons (Fsp3) is 0.391. The van der Waals surface area contributed by atoms with Crippen LogP contribution in [0.15, 0.2) is 57.5 Å². The van der Waals surface area contributed by atoms with Crippen LogP contribution in [0, 0.1) is 0 Å². The molecular weight excluding hydrogens is 410 g/mol. The van der Waals surface area contributed by atoms with Crippen LogP contribution in [0.3, 0.4) is 0 Å². The highest BCUT2D eigenvalue weighted by atomic mass is 32.1. The second kappa shape index (κ2) is 10.5. The maximum absolute atomic E-state index is 5.64. The maximum Gasteiger partial charge on any atom is 0.236 e. The van der Waals surface area contributed by atoms with E-state index in [1.807, 2.05) is 29.6 Å². The van der Waals surface area contributed by atoms with Gasteiger partial charge in [-0.05, 0) is 43.4 Å². The van der Waals surface area contributed by atoms with Gasteiger partial charge in [-0.15, -0.1) is 11.3 Å². The van der Waals surface area contributed by atoms with Gasteiger partial charge in [-0.3, -0.25) is 9.89 Å². The van der Waals surface area contributed by atoms with E-state index in [2.05, 4.69) is 37.6 Å². The van der Waals surface area contributed by atoms with Crippen LogP contribution in [0.2, 0.25) is 0 Å². The molecule has 1 aromatic carbocycles. The van der Waals surface area contributed by atoms with Crippen LogP contribution in [-0.4, -0.2) is 49.6 Å². The van der Waals surface area contributed by atoms with Crippen LogP contribution >= 0.6 is 11.3 Å². The highest BCUT2D eigenvalue weighted by Crippen LogP contribution is 2.31. The lowest BCUT2D eigenvalue weighted by Gasteiger charge is -2.30. The van der Waals surface area contributed by atoms with Crippen molar-refractivity contribution in [2.24, 2.45) is 4.99 Å². The number of hydrogen-bond donors (Lipinski definition) is 2. The molecule has 3 heterocycles. The normalized spacial score (nSPS) is 15.7. The van der Waals surface area contributed by atoms with Gasteiger partial charge in [0.2, 0.25) is 5.89 Å². The average molecular weight is 440 g/mol. The summed E-state index contributed by atoms with van der Waals surface area (Å²) < 4.78 is 11.2. The van der Waals surface area contributed by atoms with Crippen molar-refractivity contribution in [3.8, 4) is 16.5 Å². The lowest BCUT2D eigenvalue weighted by atomic mass is 10.0. The van der Waals surface area contributed by atoms with Gasteiger partial charge >= 0.3 is 0 Å². The molecule has 7 nitrogen and oxygen atoms in total. The molecule has 31 heavy (non-hydrogen) atoms. The molecule has 1 aliphatic rings. The van der Waals surface area contributed by atoms with Gasteiger partial charge in [-0.1, -0.05) is 24.3 Å².